The Morgan fingerprint density at radius 2 is 2.12 bits per heavy atom. The summed E-state index contributed by atoms with van der Waals surface area (Å²) in [5.41, 5.74) is 0.568. The first-order valence-electron chi connectivity index (χ1n) is 8.55. The van der Waals surface area contributed by atoms with Gasteiger partial charge in [0.15, 0.2) is 0 Å². The van der Waals surface area contributed by atoms with Crippen molar-refractivity contribution in [3.05, 3.63) is 34.6 Å². The zero-order valence-corrected chi connectivity index (χ0v) is 15.4. The van der Waals surface area contributed by atoms with Gasteiger partial charge in [-0.3, -0.25) is 4.79 Å². The molecule has 0 atom stereocenters. The molecule has 0 radical (unpaired) electrons. The van der Waals surface area contributed by atoms with Gasteiger partial charge in [0.05, 0.1) is 11.9 Å². The lowest BCUT2D eigenvalue weighted by atomic mass is 9.98. The Bertz CT molecular complexity index is 524. The number of benzene rings is 1. The standard InChI is InChI=1S/C18H25ClFNO2S/c19-15-8-7-14(17(20)11-15)12-24-13-18(22)21-9-4-10-23-16-5-2-1-3-6-16/h7-8,11,16H,1-6,9-10,12-13H2,(H,21,22). The van der Waals surface area contributed by atoms with Crippen molar-refractivity contribution in [3.8, 4) is 0 Å². The number of amides is 1. The van der Waals surface area contributed by atoms with Crippen LogP contribution in [-0.4, -0.2) is 30.9 Å². The van der Waals surface area contributed by atoms with Crippen LogP contribution < -0.4 is 5.32 Å². The molecule has 0 aromatic heterocycles. The second-order valence-corrected chi connectivity index (χ2v) is 7.48. The second kappa shape index (κ2) is 11.0. The molecule has 1 aromatic carbocycles. The van der Waals surface area contributed by atoms with Gasteiger partial charge in [-0.05, 0) is 37.0 Å². The number of nitrogens with one attached hydrogen (secondary N) is 1. The molecule has 1 saturated carbocycles. The van der Waals surface area contributed by atoms with Crippen LogP contribution in [0.1, 0.15) is 44.1 Å². The second-order valence-electron chi connectivity index (χ2n) is 6.06. The molecule has 3 nitrogen and oxygen atoms in total. The molecule has 0 aliphatic heterocycles. The molecular weight excluding hydrogens is 349 g/mol. The van der Waals surface area contributed by atoms with Crippen LogP contribution in [-0.2, 0) is 15.3 Å². The topological polar surface area (TPSA) is 38.3 Å². The molecule has 1 aliphatic carbocycles. The summed E-state index contributed by atoms with van der Waals surface area (Å²) in [5, 5.41) is 3.26. The highest BCUT2D eigenvalue weighted by atomic mass is 35.5. The van der Waals surface area contributed by atoms with E-state index < -0.39 is 0 Å². The molecule has 0 spiro atoms. The highest BCUT2D eigenvalue weighted by molar-refractivity contribution is 7.99. The van der Waals surface area contributed by atoms with Gasteiger partial charge in [-0.15, -0.1) is 11.8 Å². The van der Waals surface area contributed by atoms with Crippen LogP contribution in [0.2, 0.25) is 5.02 Å². The van der Waals surface area contributed by atoms with Crippen molar-refractivity contribution in [3.63, 3.8) is 0 Å². The molecule has 0 bridgehead atoms. The molecule has 1 fully saturated rings. The largest absolute Gasteiger partial charge is 0.378 e. The van der Waals surface area contributed by atoms with Crippen LogP contribution in [0.4, 0.5) is 4.39 Å². The van der Waals surface area contributed by atoms with Gasteiger partial charge in [-0.1, -0.05) is 36.9 Å². The number of ether oxygens (including phenoxy) is 1. The Kier molecular flexibility index (Phi) is 8.92. The van der Waals surface area contributed by atoms with Gasteiger partial charge in [-0.2, -0.15) is 0 Å². The molecule has 2 rings (SSSR count). The monoisotopic (exact) mass is 373 g/mol. The average Bonchev–Trinajstić information content (AvgIpc) is 2.57. The van der Waals surface area contributed by atoms with Crippen molar-refractivity contribution >= 4 is 29.3 Å². The van der Waals surface area contributed by atoms with Crippen molar-refractivity contribution in [2.75, 3.05) is 18.9 Å². The first-order valence-corrected chi connectivity index (χ1v) is 10.1. The van der Waals surface area contributed by atoms with Gasteiger partial charge in [-0.25, -0.2) is 4.39 Å². The minimum absolute atomic E-state index is 0.0213. The molecule has 0 heterocycles. The molecule has 1 amide bonds. The highest BCUT2D eigenvalue weighted by Crippen LogP contribution is 2.20. The van der Waals surface area contributed by atoms with Crippen molar-refractivity contribution in [2.24, 2.45) is 0 Å². The predicted molar refractivity (Wildman–Crippen MR) is 98.0 cm³/mol. The summed E-state index contributed by atoms with van der Waals surface area (Å²) in [6.07, 6.45) is 7.46. The lowest BCUT2D eigenvalue weighted by Crippen LogP contribution is -2.27. The molecule has 1 aromatic rings. The van der Waals surface area contributed by atoms with E-state index in [2.05, 4.69) is 5.32 Å². The Balaban J connectivity index is 1.50. The molecule has 1 aliphatic rings. The lowest BCUT2D eigenvalue weighted by molar-refractivity contribution is -0.118. The minimum Gasteiger partial charge on any atom is -0.378 e. The average molecular weight is 374 g/mol. The summed E-state index contributed by atoms with van der Waals surface area (Å²) in [6.45, 7) is 1.33. The van der Waals surface area contributed by atoms with Gasteiger partial charge in [0.25, 0.3) is 0 Å². The third-order valence-corrected chi connectivity index (χ3v) is 5.27. The number of thioether (sulfide) groups is 1. The van der Waals surface area contributed by atoms with Gasteiger partial charge in [0.2, 0.25) is 5.91 Å². The minimum atomic E-state index is -0.324. The molecule has 24 heavy (non-hydrogen) atoms. The van der Waals surface area contributed by atoms with Crippen LogP contribution in [0, 0.1) is 5.82 Å². The Labute approximate surface area is 152 Å². The number of hydrogen-bond donors (Lipinski definition) is 1. The maximum Gasteiger partial charge on any atom is 0.230 e. The first-order chi connectivity index (χ1) is 11.6. The summed E-state index contributed by atoms with van der Waals surface area (Å²) in [5.74, 6) is 0.439. The van der Waals surface area contributed by atoms with E-state index in [9.17, 15) is 9.18 Å². The van der Waals surface area contributed by atoms with E-state index in [-0.39, 0.29) is 11.7 Å². The fourth-order valence-corrected chi connectivity index (χ4v) is 3.73. The fourth-order valence-electron chi connectivity index (χ4n) is 2.73. The zero-order chi connectivity index (χ0) is 17.2. The molecule has 0 saturated heterocycles. The predicted octanol–water partition coefficient (Wildman–Crippen LogP) is 4.57. The van der Waals surface area contributed by atoms with E-state index in [4.69, 9.17) is 16.3 Å². The number of rotatable bonds is 9. The van der Waals surface area contributed by atoms with Gasteiger partial charge in [0, 0.05) is 23.9 Å². The van der Waals surface area contributed by atoms with Crippen LogP contribution >= 0.6 is 23.4 Å². The van der Waals surface area contributed by atoms with E-state index in [1.165, 1.54) is 49.9 Å². The summed E-state index contributed by atoms with van der Waals surface area (Å²) in [7, 11) is 0. The SMILES string of the molecule is O=C(CSCc1ccc(Cl)cc1F)NCCCOC1CCCCC1. The Morgan fingerprint density at radius 1 is 1.33 bits per heavy atom. The molecule has 0 unspecified atom stereocenters. The summed E-state index contributed by atoms with van der Waals surface area (Å²) in [6, 6.07) is 4.61. The quantitative estimate of drug-likeness (QED) is 0.644. The Morgan fingerprint density at radius 3 is 2.88 bits per heavy atom. The van der Waals surface area contributed by atoms with Crippen molar-refractivity contribution in [1.82, 2.24) is 5.32 Å². The molecule has 134 valence electrons. The first kappa shape index (κ1) is 19.5. The van der Waals surface area contributed by atoms with Gasteiger partial charge >= 0.3 is 0 Å². The smallest absolute Gasteiger partial charge is 0.230 e. The number of hydrogen-bond acceptors (Lipinski definition) is 3. The van der Waals surface area contributed by atoms with Crippen LogP contribution in [0.5, 0.6) is 0 Å². The van der Waals surface area contributed by atoms with E-state index >= 15 is 0 Å². The van der Waals surface area contributed by atoms with Crippen molar-refractivity contribution in [1.29, 1.82) is 0 Å². The fraction of sp³-hybridized carbons (Fsp3) is 0.611. The van der Waals surface area contributed by atoms with Crippen LogP contribution in [0.15, 0.2) is 18.2 Å². The maximum absolute atomic E-state index is 13.6. The third-order valence-electron chi connectivity index (χ3n) is 4.05. The number of halogens is 2. The van der Waals surface area contributed by atoms with Crippen LogP contribution in [0.3, 0.4) is 0 Å². The lowest BCUT2D eigenvalue weighted by Gasteiger charge is -2.21. The molecular formula is C18H25ClFNO2S. The molecule has 6 heteroatoms. The number of carbonyl (C=O) groups excluding carboxylic acids is 1. The zero-order valence-electron chi connectivity index (χ0n) is 13.9. The van der Waals surface area contributed by atoms with E-state index in [0.29, 0.717) is 41.3 Å². The maximum atomic E-state index is 13.6. The van der Waals surface area contributed by atoms with E-state index in [1.54, 1.807) is 12.1 Å². The van der Waals surface area contributed by atoms with Crippen molar-refractivity contribution in [2.45, 2.75) is 50.4 Å². The van der Waals surface area contributed by atoms with Gasteiger partial charge < -0.3 is 10.1 Å². The third kappa shape index (κ3) is 7.41. The summed E-state index contributed by atoms with van der Waals surface area (Å²) >= 11 is 7.11. The highest BCUT2D eigenvalue weighted by Gasteiger charge is 2.13. The normalized spacial score (nSPS) is 15.4. The molecule has 1 N–H and O–H groups in total. The Hall–Kier alpha value is -0.780. The van der Waals surface area contributed by atoms with E-state index in [1.807, 2.05) is 0 Å². The van der Waals surface area contributed by atoms with Gasteiger partial charge in [0.1, 0.15) is 5.82 Å². The summed E-state index contributed by atoms with van der Waals surface area (Å²) < 4.78 is 19.4. The summed E-state index contributed by atoms with van der Waals surface area (Å²) in [4.78, 5) is 11.7. The van der Waals surface area contributed by atoms with E-state index in [0.717, 1.165) is 6.42 Å². The van der Waals surface area contributed by atoms with Crippen LogP contribution in [0.25, 0.3) is 0 Å². The van der Waals surface area contributed by atoms with Crippen molar-refractivity contribution < 1.29 is 13.9 Å². The number of carbonyl (C=O) groups is 1.